The summed E-state index contributed by atoms with van der Waals surface area (Å²) in [6.45, 7) is 0. The van der Waals surface area contributed by atoms with Crippen molar-refractivity contribution in [1.29, 1.82) is 0 Å². The lowest BCUT2D eigenvalue weighted by atomic mass is 10.3. The van der Waals surface area contributed by atoms with Crippen LogP contribution in [-0.4, -0.2) is 27.7 Å². The van der Waals surface area contributed by atoms with Crippen LogP contribution in [0.4, 0.5) is 4.39 Å². The van der Waals surface area contributed by atoms with E-state index in [-0.39, 0.29) is 16.6 Å². The van der Waals surface area contributed by atoms with Crippen molar-refractivity contribution in [3.8, 4) is 5.69 Å². The largest absolute Gasteiger partial charge is 0.354 e. The van der Waals surface area contributed by atoms with Gasteiger partial charge in [-0.25, -0.2) is 14.1 Å². The van der Waals surface area contributed by atoms with Gasteiger partial charge in [0.1, 0.15) is 21.0 Å². The van der Waals surface area contributed by atoms with Gasteiger partial charge in [0, 0.05) is 24.2 Å². The summed E-state index contributed by atoms with van der Waals surface area (Å²) in [5, 5.41) is 7.64. The number of nitrogens with zero attached hydrogens (tertiary/aromatic N) is 3. The first-order valence-electron chi connectivity index (χ1n) is 7.05. The van der Waals surface area contributed by atoms with E-state index in [1.807, 2.05) is 0 Å². The number of aromatic nitrogens is 3. The quantitative estimate of drug-likeness (QED) is 0.670. The fourth-order valence-corrected chi connectivity index (χ4v) is 3.24. The third-order valence-corrected chi connectivity index (χ3v) is 4.79. The predicted molar refractivity (Wildman–Crippen MR) is 95.3 cm³/mol. The Bertz CT molecular complexity index is 930. The molecule has 3 rings (SSSR count). The van der Waals surface area contributed by atoms with Crippen molar-refractivity contribution >= 4 is 40.9 Å². The van der Waals surface area contributed by atoms with E-state index >= 15 is 0 Å². The van der Waals surface area contributed by atoms with Gasteiger partial charge in [0.05, 0.1) is 5.69 Å². The normalized spacial score (nSPS) is 10.7. The van der Waals surface area contributed by atoms with Gasteiger partial charge < -0.3 is 5.32 Å². The van der Waals surface area contributed by atoms with Crippen LogP contribution in [0.15, 0.2) is 52.5 Å². The highest BCUT2D eigenvalue weighted by atomic mass is 35.5. The fourth-order valence-electron chi connectivity index (χ4n) is 2.05. The maximum Gasteiger partial charge on any atom is 0.271 e. The molecule has 0 aliphatic carbocycles. The number of halogens is 3. The lowest BCUT2D eigenvalue weighted by molar-refractivity contribution is 0.0957. The van der Waals surface area contributed by atoms with Crippen molar-refractivity contribution in [3.63, 3.8) is 0 Å². The monoisotopic (exact) mass is 396 g/mol. The number of hydrogen-bond acceptors (Lipinski definition) is 4. The molecule has 3 aromatic rings. The first-order valence-corrected chi connectivity index (χ1v) is 8.63. The molecule has 0 fully saturated rings. The summed E-state index contributed by atoms with van der Waals surface area (Å²) >= 11 is 13.2. The number of carbonyl (C=O) groups excluding carboxylic acids is 1. The van der Waals surface area contributed by atoms with E-state index in [0.29, 0.717) is 15.9 Å². The minimum atomic E-state index is -0.569. The minimum Gasteiger partial charge on any atom is -0.354 e. The van der Waals surface area contributed by atoms with Crippen LogP contribution in [0.1, 0.15) is 10.5 Å². The van der Waals surface area contributed by atoms with E-state index in [1.165, 1.54) is 35.6 Å². The molecule has 0 saturated heterocycles. The lowest BCUT2D eigenvalue weighted by Crippen LogP contribution is -2.18. The summed E-state index contributed by atoms with van der Waals surface area (Å²) in [4.78, 5) is 16.7. The Morgan fingerprint density at radius 3 is 2.76 bits per heavy atom. The van der Waals surface area contributed by atoms with Gasteiger partial charge in [-0.3, -0.25) is 4.79 Å². The van der Waals surface area contributed by atoms with Crippen LogP contribution in [0, 0.1) is 5.82 Å². The second-order valence-electron chi connectivity index (χ2n) is 4.85. The second kappa shape index (κ2) is 7.43. The Hall–Kier alpha value is -2.09. The van der Waals surface area contributed by atoms with Crippen molar-refractivity contribution in [2.45, 2.75) is 9.92 Å². The number of rotatable bonds is 4. The Morgan fingerprint density at radius 2 is 2.08 bits per heavy atom. The molecular weight excluding hydrogens is 386 g/mol. The van der Waals surface area contributed by atoms with Gasteiger partial charge in [-0.2, -0.15) is 5.10 Å². The Morgan fingerprint density at radius 1 is 1.28 bits per heavy atom. The maximum atomic E-state index is 13.8. The summed E-state index contributed by atoms with van der Waals surface area (Å²) in [7, 11) is 1.51. The molecule has 0 radical (unpaired) electrons. The van der Waals surface area contributed by atoms with Gasteiger partial charge in [0.25, 0.3) is 5.91 Å². The molecule has 1 amide bonds. The van der Waals surface area contributed by atoms with E-state index in [1.54, 1.807) is 30.5 Å². The fraction of sp³-hybridized carbons (Fsp3) is 0.0625. The molecule has 0 bridgehead atoms. The van der Waals surface area contributed by atoms with Gasteiger partial charge in [-0.05, 0) is 24.3 Å². The van der Waals surface area contributed by atoms with E-state index in [9.17, 15) is 9.18 Å². The van der Waals surface area contributed by atoms with Crippen LogP contribution < -0.4 is 5.32 Å². The SMILES string of the molecule is CNC(=O)c1cc(Sc2ccc(Cl)nc2)n(-c2cccc(F)c2Cl)n1. The topological polar surface area (TPSA) is 59.8 Å². The van der Waals surface area contributed by atoms with E-state index in [2.05, 4.69) is 15.4 Å². The molecule has 2 heterocycles. The summed E-state index contributed by atoms with van der Waals surface area (Å²) in [6, 6.07) is 9.43. The van der Waals surface area contributed by atoms with Crippen molar-refractivity contribution in [2.24, 2.45) is 0 Å². The maximum absolute atomic E-state index is 13.8. The number of benzene rings is 1. The zero-order valence-electron chi connectivity index (χ0n) is 12.8. The molecule has 5 nitrogen and oxygen atoms in total. The molecule has 2 aromatic heterocycles. The molecule has 0 unspecified atom stereocenters. The van der Waals surface area contributed by atoms with E-state index in [4.69, 9.17) is 23.2 Å². The highest BCUT2D eigenvalue weighted by Crippen LogP contribution is 2.33. The number of hydrogen-bond donors (Lipinski definition) is 1. The number of amides is 1. The third-order valence-electron chi connectivity index (χ3n) is 3.22. The van der Waals surface area contributed by atoms with Gasteiger partial charge in [0.15, 0.2) is 5.69 Å². The summed E-state index contributed by atoms with van der Waals surface area (Å²) in [6.07, 6.45) is 1.59. The first-order chi connectivity index (χ1) is 12.0. The smallest absolute Gasteiger partial charge is 0.271 e. The van der Waals surface area contributed by atoms with Crippen molar-refractivity contribution in [1.82, 2.24) is 20.1 Å². The summed E-state index contributed by atoms with van der Waals surface area (Å²) < 4.78 is 15.2. The molecule has 0 saturated carbocycles. The third kappa shape index (κ3) is 3.78. The van der Waals surface area contributed by atoms with Gasteiger partial charge in [0.2, 0.25) is 0 Å². The van der Waals surface area contributed by atoms with Crippen LogP contribution in [0.2, 0.25) is 10.2 Å². The zero-order valence-corrected chi connectivity index (χ0v) is 15.2. The number of pyridine rings is 1. The lowest BCUT2D eigenvalue weighted by Gasteiger charge is -2.09. The Kier molecular flexibility index (Phi) is 5.27. The molecule has 9 heteroatoms. The number of carbonyl (C=O) groups is 1. The highest BCUT2D eigenvalue weighted by molar-refractivity contribution is 7.99. The first kappa shape index (κ1) is 17.7. The molecule has 1 aromatic carbocycles. The van der Waals surface area contributed by atoms with Crippen LogP contribution in [0.3, 0.4) is 0 Å². The van der Waals surface area contributed by atoms with E-state index < -0.39 is 5.82 Å². The van der Waals surface area contributed by atoms with Gasteiger partial charge in [-0.15, -0.1) is 0 Å². The Labute approximate surface area is 157 Å². The molecule has 1 N–H and O–H groups in total. The molecule has 0 atom stereocenters. The molecule has 0 spiro atoms. The number of nitrogens with one attached hydrogen (secondary N) is 1. The molecular formula is C16H11Cl2FN4OS. The van der Waals surface area contributed by atoms with Crippen LogP contribution in [0.5, 0.6) is 0 Å². The standard InChI is InChI=1S/C16H11Cl2FN4OS/c1-20-16(24)11-7-14(25-9-5-6-13(17)21-8-9)23(22-11)12-4-2-3-10(19)15(12)18/h2-8H,1H3,(H,20,24). The Balaban J connectivity index is 2.09. The average Bonchev–Trinajstić information content (AvgIpc) is 3.02. The van der Waals surface area contributed by atoms with Crippen molar-refractivity contribution < 1.29 is 9.18 Å². The zero-order chi connectivity index (χ0) is 18.0. The molecule has 0 aliphatic rings. The predicted octanol–water partition coefficient (Wildman–Crippen LogP) is 4.22. The van der Waals surface area contributed by atoms with E-state index in [0.717, 1.165) is 4.90 Å². The molecule has 0 aliphatic heterocycles. The average molecular weight is 397 g/mol. The van der Waals surface area contributed by atoms with Crippen LogP contribution >= 0.6 is 35.0 Å². The van der Waals surface area contributed by atoms with Gasteiger partial charge in [-0.1, -0.05) is 41.0 Å². The second-order valence-corrected chi connectivity index (χ2v) is 6.71. The minimum absolute atomic E-state index is 0.0786. The van der Waals surface area contributed by atoms with Crippen molar-refractivity contribution in [3.05, 3.63) is 64.3 Å². The van der Waals surface area contributed by atoms with Crippen LogP contribution in [-0.2, 0) is 0 Å². The molecule has 25 heavy (non-hydrogen) atoms. The molecule has 128 valence electrons. The summed E-state index contributed by atoms with van der Waals surface area (Å²) in [5.41, 5.74) is 0.522. The van der Waals surface area contributed by atoms with Gasteiger partial charge >= 0.3 is 0 Å². The van der Waals surface area contributed by atoms with Crippen LogP contribution in [0.25, 0.3) is 5.69 Å². The van der Waals surface area contributed by atoms with Crippen molar-refractivity contribution in [2.75, 3.05) is 7.05 Å². The summed E-state index contributed by atoms with van der Waals surface area (Å²) in [5.74, 6) is -0.928. The highest BCUT2D eigenvalue weighted by Gasteiger charge is 2.18.